The zero-order chi connectivity index (χ0) is 17.7. The van der Waals surface area contributed by atoms with E-state index in [1.807, 2.05) is 0 Å². The minimum absolute atomic E-state index is 0.000788. The molecule has 4 heteroatoms. The minimum Gasteiger partial charge on any atom is -0.396 e. The first-order valence-corrected chi connectivity index (χ1v) is 9.64. The van der Waals surface area contributed by atoms with Crippen molar-refractivity contribution in [1.82, 2.24) is 0 Å². The molecule has 3 aliphatic rings. The Balaban J connectivity index is 1.90. The van der Waals surface area contributed by atoms with E-state index in [-0.39, 0.29) is 29.5 Å². The molecule has 3 aliphatic carbocycles. The van der Waals surface area contributed by atoms with Crippen molar-refractivity contribution in [3.05, 3.63) is 12.2 Å². The molecule has 3 rings (SSSR count). The van der Waals surface area contributed by atoms with Crippen LogP contribution in [0.25, 0.3) is 0 Å². The topological polar surface area (TPSA) is 86.7 Å². The highest BCUT2D eigenvalue weighted by molar-refractivity contribution is 5.25. The Kier molecular flexibility index (Phi) is 4.89. The van der Waals surface area contributed by atoms with Gasteiger partial charge in [-0.2, -0.15) is 0 Å². The Morgan fingerprint density at radius 3 is 2.46 bits per heavy atom. The molecule has 0 aromatic heterocycles. The van der Waals surface area contributed by atoms with Gasteiger partial charge in [0.15, 0.2) is 0 Å². The average molecular weight is 338 g/mol. The van der Waals surface area contributed by atoms with Crippen LogP contribution >= 0.6 is 0 Å². The quantitative estimate of drug-likeness (QED) is 0.594. The molecule has 138 valence electrons. The van der Waals surface area contributed by atoms with Crippen molar-refractivity contribution in [1.29, 1.82) is 0 Å². The smallest absolute Gasteiger partial charge is 0.0756 e. The number of rotatable bonds is 3. The summed E-state index contributed by atoms with van der Waals surface area (Å²) in [5.41, 5.74) is 7.27. The molecule has 0 radical (unpaired) electrons. The van der Waals surface area contributed by atoms with E-state index in [2.05, 4.69) is 20.4 Å². The summed E-state index contributed by atoms with van der Waals surface area (Å²) in [6.07, 6.45) is 4.67. The Labute approximate surface area is 146 Å². The molecular weight excluding hydrogens is 302 g/mol. The van der Waals surface area contributed by atoms with E-state index >= 15 is 0 Å². The normalized spacial score (nSPS) is 52.3. The van der Waals surface area contributed by atoms with Crippen LogP contribution in [0.3, 0.4) is 0 Å². The fourth-order valence-electron chi connectivity index (χ4n) is 6.52. The third-order valence-electron chi connectivity index (χ3n) is 8.28. The molecule has 0 amide bonds. The van der Waals surface area contributed by atoms with Gasteiger partial charge < -0.3 is 21.1 Å². The molecule has 0 heterocycles. The molecule has 0 bridgehead atoms. The standard InChI is InChI=1S/C20H35NO3/c1-12-18(24)9-17-15(10-21)16(5-7-19(12,17)2)20(3)6-4-14(23)8-13(20)11-22/h13-18,22-24H,1,4-11,21H2,2-3H3/t13-,14+,15-,16+,17+,18+,19-,20+/m1/s1. The van der Waals surface area contributed by atoms with Gasteiger partial charge in [-0.05, 0) is 85.1 Å². The van der Waals surface area contributed by atoms with Crippen molar-refractivity contribution in [2.75, 3.05) is 13.2 Å². The fraction of sp³-hybridized carbons (Fsp3) is 0.900. The van der Waals surface area contributed by atoms with Gasteiger partial charge in [-0.15, -0.1) is 0 Å². The second-order valence-corrected chi connectivity index (χ2v) is 9.16. The van der Waals surface area contributed by atoms with Crippen molar-refractivity contribution in [3.63, 3.8) is 0 Å². The van der Waals surface area contributed by atoms with Gasteiger partial charge in [0.05, 0.1) is 12.2 Å². The van der Waals surface area contributed by atoms with Crippen molar-refractivity contribution >= 4 is 0 Å². The number of aliphatic hydroxyl groups is 3. The minimum atomic E-state index is -0.401. The van der Waals surface area contributed by atoms with Crippen molar-refractivity contribution in [2.45, 2.75) is 64.6 Å². The summed E-state index contributed by atoms with van der Waals surface area (Å²) in [5, 5.41) is 30.4. The molecule has 0 aliphatic heterocycles. The maximum atomic E-state index is 10.4. The van der Waals surface area contributed by atoms with Gasteiger partial charge in [-0.3, -0.25) is 0 Å². The van der Waals surface area contributed by atoms with E-state index in [0.717, 1.165) is 37.7 Å². The molecular formula is C20H35NO3. The number of hydrogen-bond acceptors (Lipinski definition) is 4. The number of aliphatic hydroxyl groups excluding tert-OH is 3. The summed E-state index contributed by atoms with van der Waals surface area (Å²) < 4.78 is 0. The SMILES string of the molecule is C=C1[C@@H](O)C[C@H]2[C@H](CN)[C@@H]([C@@]3(C)CC[C@H](O)C[C@@H]3CO)CC[C@]12C. The second-order valence-electron chi connectivity index (χ2n) is 9.16. The molecule has 0 spiro atoms. The molecule has 0 aromatic rings. The van der Waals surface area contributed by atoms with E-state index in [0.29, 0.717) is 30.7 Å². The van der Waals surface area contributed by atoms with Gasteiger partial charge in [-0.25, -0.2) is 0 Å². The maximum Gasteiger partial charge on any atom is 0.0756 e. The van der Waals surface area contributed by atoms with Gasteiger partial charge in [-0.1, -0.05) is 20.4 Å². The lowest BCUT2D eigenvalue weighted by molar-refractivity contribution is -0.0920. The van der Waals surface area contributed by atoms with Crippen molar-refractivity contribution in [2.24, 2.45) is 40.2 Å². The van der Waals surface area contributed by atoms with Crippen LogP contribution < -0.4 is 5.73 Å². The van der Waals surface area contributed by atoms with E-state index in [1.54, 1.807) is 0 Å². The summed E-state index contributed by atoms with van der Waals surface area (Å²) >= 11 is 0. The lowest BCUT2D eigenvalue weighted by Gasteiger charge is -2.56. The summed E-state index contributed by atoms with van der Waals surface area (Å²) in [7, 11) is 0. The third-order valence-corrected chi connectivity index (χ3v) is 8.28. The van der Waals surface area contributed by atoms with Gasteiger partial charge in [0, 0.05) is 6.61 Å². The molecule has 8 atom stereocenters. The molecule has 0 saturated heterocycles. The molecule has 3 saturated carbocycles. The van der Waals surface area contributed by atoms with Gasteiger partial charge >= 0.3 is 0 Å². The molecule has 3 fully saturated rings. The highest BCUT2D eigenvalue weighted by atomic mass is 16.3. The Bertz CT molecular complexity index is 495. The van der Waals surface area contributed by atoms with E-state index in [9.17, 15) is 15.3 Å². The second kappa shape index (κ2) is 6.39. The summed E-state index contributed by atoms with van der Waals surface area (Å²) in [6.45, 7) is 9.51. The zero-order valence-corrected chi connectivity index (χ0v) is 15.2. The third kappa shape index (κ3) is 2.57. The molecule has 0 unspecified atom stereocenters. The van der Waals surface area contributed by atoms with Crippen LogP contribution in [-0.2, 0) is 0 Å². The van der Waals surface area contributed by atoms with Gasteiger partial charge in [0.25, 0.3) is 0 Å². The lowest BCUT2D eigenvalue weighted by Crippen LogP contribution is -2.52. The molecule has 5 N–H and O–H groups in total. The maximum absolute atomic E-state index is 10.4. The lowest BCUT2D eigenvalue weighted by atomic mass is 9.49. The first-order valence-electron chi connectivity index (χ1n) is 9.64. The highest BCUT2D eigenvalue weighted by Crippen LogP contribution is 2.63. The van der Waals surface area contributed by atoms with E-state index < -0.39 is 6.10 Å². The predicted octanol–water partition coefficient (Wildman–Crippen LogP) is 2.07. The van der Waals surface area contributed by atoms with Crippen LogP contribution in [0, 0.1) is 34.5 Å². The van der Waals surface area contributed by atoms with E-state index in [1.165, 1.54) is 0 Å². The van der Waals surface area contributed by atoms with Gasteiger partial charge in [0.2, 0.25) is 0 Å². The Morgan fingerprint density at radius 2 is 1.83 bits per heavy atom. The zero-order valence-electron chi connectivity index (χ0n) is 15.2. The summed E-state index contributed by atoms with van der Waals surface area (Å²) in [4.78, 5) is 0. The highest BCUT2D eigenvalue weighted by Gasteiger charge is 2.58. The monoisotopic (exact) mass is 337 g/mol. The van der Waals surface area contributed by atoms with Crippen LogP contribution in [-0.4, -0.2) is 40.7 Å². The number of nitrogens with two attached hydrogens (primary N) is 1. The summed E-state index contributed by atoms with van der Waals surface area (Å²) in [6, 6.07) is 0. The van der Waals surface area contributed by atoms with Crippen LogP contribution in [0.15, 0.2) is 12.2 Å². The van der Waals surface area contributed by atoms with Crippen LogP contribution in [0.5, 0.6) is 0 Å². The van der Waals surface area contributed by atoms with Gasteiger partial charge in [0.1, 0.15) is 0 Å². The largest absolute Gasteiger partial charge is 0.396 e. The predicted molar refractivity (Wildman–Crippen MR) is 95.2 cm³/mol. The summed E-state index contributed by atoms with van der Waals surface area (Å²) in [5.74, 6) is 1.32. The molecule has 0 aromatic carbocycles. The Morgan fingerprint density at radius 1 is 1.12 bits per heavy atom. The fourth-order valence-corrected chi connectivity index (χ4v) is 6.52. The number of fused-ring (bicyclic) bond motifs is 1. The van der Waals surface area contributed by atoms with Crippen LogP contribution in [0.2, 0.25) is 0 Å². The van der Waals surface area contributed by atoms with Crippen LogP contribution in [0.4, 0.5) is 0 Å². The first-order chi connectivity index (χ1) is 11.3. The first kappa shape index (κ1) is 18.4. The molecule has 4 nitrogen and oxygen atoms in total. The van der Waals surface area contributed by atoms with Crippen LogP contribution in [0.1, 0.15) is 52.4 Å². The van der Waals surface area contributed by atoms with Crippen molar-refractivity contribution < 1.29 is 15.3 Å². The Hall–Kier alpha value is -0.420. The number of hydrogen-bond donors (Lipinski definition) is 4. The van der Waals surface area contributed by atoms with Crippen molar-refractivity contribution in [3.8, 4) is 0 Å². The van der Waals surface area contributed by atoms with E-state index in [4.69, 9.17) is 5.73 Å². The molecule has 24 heavy (non-hydrogen) atoms. The average Bonchev–Trinajstić information content (AvgIpc) is 2.79.